The fourth-order valence-corrected chi connectivity index (χ4v) is 5.70. The first-order chi connectivity index (χ1) is 19.8. The van der Waals surface area contributed by atoms with Crippen molar-refractivity contribution in [2.45, 2.75) is 18.4 Å². The van der Waals surface area contributed by atoms with Crippen molar-refractivity contribution in [1.82, 2.24) is 4.90 Å². The normalized spacial score (nSPS) is 20.9. The minimum atomic E-state index is -0.761. The summed E-state index contributed by atoms with van der Waals surface area (Å²) >= 11 is 0. The first-order valence-corrected chi connectivity index (χ1v) is 13.1. The Kier molecular flexibility index (Phi) is 7.72. The minimum Gasteiger partial charge on any atom is -0.465 e. The van der Waals surface area contributed by atoms with Crippen LogP contribution in [0.2, 0.25) is 0 Å². The van der Waals surface area contributed by atoms with Gasteiger partial charge in [-0.1, -0.05) is 72.8 Å². The van der Waals surface area contributed by atoms with E-state index in [2.05, 4.69) is 6.08 Å². The Morgan fingerprint density at radius 2 is 1.76 bits per heavy atom. The number of amides is 1. The van der Waals surface area contributed by atoms with Gasteiger partial charge in [-0.15, -0.1) is 0 Å². The molecule has 0 aromatic heterocycles. The maximum absolute atomic E-state index is 12.8. The lowest BCUT2D eigenvalue weighted by molar-refractivity contribution is -0.385. The number of benzene rings is 3. The van der Waals surface area contributed by atoms with E-state index in [1.165, 1.54) is 13.2 Å². The third-order valence-corrected chi connectivity index (χ3v) is 7.85. The molecule has 9 nitrogen and oxygen atoms in total. The SMILES string of the molecule is COCC12CN(C(=O)OCc3ccccc3)C=CC1(c1ccc(/C=C/c3cccc(C(=O)OC)c3[N+](=O)[O-])cc1)C2. The zero-order chi connectivity index (χ0) is 29.0. The van der Waals surface area contributed by atoms with Crippen molar-refractivity contribution in [3.8, 4) is 0 Å². The number of hydrogen-bond acceptors (Lipinski definition) is 7. The lowest BCUT2D eigenvalue weighted by Crippen LogP contribution is -2.40. The van der Waals surface area contributed by atoms with Crippen LogP contribution in [0.15, 0.2) is 85.1 Å². The van der Waals surface area contributed by atoms with Gasteiger partial charge in [0.15, 0.2) is 0 Å². The van der Waals surface area contributed by atoms with Crippen LogP contribution in [-0.2, 0) is 26.2 Å². The lowest BCUT2D eigenvalue weighted by Gasteiger charge is -2.33. The summed E-state index contributed by atoms with van der Waals surface area (Å²) in [6.07, 6.45) is 7.67. The number of allylic oxidation sites excluding steroid dienone is 1. The second-order valence-corrected chi connectivity index (χ2v) is 10.3. The van der Waals surface area contributed by atoms with Gasteiger partial charge in [0.1, 0.15) is 12.2 Å². The van der Waals surface area contributed by atoms with E-state index < -0.39 is 17.0 Å². The molecule has 0 N–H and O–H groups in total. The first-order valence-electron chi connectivity index (χ1n) is 13.1. The summed E-state index contributed by atoms with van der Waals surface area (Å²) in [7, 11) is 2.85. The number of esters is 1. The van der Waals surface area contributed by atoms with Crippen LogP contribution in [-0.4, -0.2) is 49.3 Å². The average Bonchev–Trinajstić information content (AvgIpc) is 3.68. The zero-order valence-corrected chi connectivity index (χ0v) is 22.8. The van der Waals surface area contributed by atoms with Gasteiger partial charge >= 0.3 is 12.1 Å². The van der Waals surface area contributed by atoms with Gasteiger partial charge in [-0.2, -0.15) is 0 Å². The van der Waals surface area contributed by atoms with E-state index in [1.54, 1.807) is 42.5 Å². The Labute approximate surface area is 237 Å². The molecule has 1 fully saturated rings. The molecule has 1 amide bonds. The molecule has 9 heteroatoms. The molecule has 210 valence electrons. The van der Waals surface area contributed by atoms with Gasteiger partial charge in [0.2, 0.25) is 0 Å². The van der Waals surface area contributed by atoms with Crippen LogP contribution < -0.4 is 0 Å². The predicted molar refractivity (Wildman–Crippen MR) is 153 cm³/mol. The zero-order valence-electron chi connectivity index (χ0n) is 22.8. The molecule has 2 atom stereocenters. The number of nitrogens with zero attached hydrogens (tertiary/aromatic N) is 2. The molecule has 1 aliphatic carbocycles. The van der Waals surface area contributed by atoms with Gasteiger partial charge < -0.3 is 14.2 Å². The van der Waals surface area contributed by atoms with E-state index in [0.29, 0.717) is 18.7 Å². The predicted octanol–water partition coefficient (Wildman–Crippen LogP) is 5.99. The van der Waals surface area contributed by atoms with Crippen LogP contribution in [0, 0.1) is 15.5 Å². The maximum Gasteiger partial charge on any atom is 0.414 e. The molecule has 0 spiro atoms. The van der Waals surface area contributed by atoms with Crippen LogP contribution in [0.3, 0.4) is 0 Å². The van der Waals surface area contributed by atoms with Crippen molar-refractivity contribution in [2.75, 3.05) is 27.4 Å². The minimum absolute atomic E-state index is 0.0978. The molecule has 3 aromatic carbocycles. The number of rotatable bonds is 9. The maximum atomic E-state index is 12.8. The van der Waals surface area contributed by atoms with Crippen LogP contribution in [0.5, 0.6) is 0 Å². The summed E-state index contributed by atoms with van der Waals surface area (Å²) in [6.45, 7) is 1.17. The largest absolute Gasteiger partial charge is 0.465 e. The summed E-state index contributed by atoms with van der Waals surface area (Å²) in [5.74, 6) is -0.761. The molecule has 2 aliphatic rings. The summed E-state index contributed by atoms with van der Waals surface area (Å²) in [5.41, 5.74) is 2.23. The van der Waals surface area contributed by atoms with E-state index >= 15 is 0 Å². The standard InChI is InChI=1S/C32H30N2O7/c1-39-22-31-20-32(31,17-18-33(21-31)30(36)41-19-24-7-4-3-5-8-24)26-15-12-23(13-16-26)11-14-25-9-6-10-27(29(35)40-2)28(25)34(37)38/h3-18H,19-22H2,1-2H3/b14-11+. The number of para-hydroxylation sites is 1. The second-order valence-electron chi connectivity index (χ2n) is 10.3. The highest BCUT2D eigenvalue weighted by Gasteiger charge is 2.68. The van der Waals surface area contributed by atoms with Crippen LogP contribution >= 0.6 is 0 Å². The van der Waals surface area contributed by atoms with E-state index in [9.17, 15) is 19.7 Å². The van der Waals surface area contributed by atoms with Crippen LogP contribution in [0.25, 0.3) is 12.2 Å². The van der Waals surface area contributed by atoms with E-state index in [4.69, 9.17) is 14.2 Å². The fraction of sp³-hybridized carbons (Fsp3) is 0.250. The van der Waals surface area contributed by atoms with Gasteiger partial charge in [-0.05, 0) is 41.3 Å². The van der Waals surface area contributed by atoms with Crippen molar-refractivity contribution in [2.24, 2.45) is 5.41 Å². The number of nitro groups is 1. The molecule has 41 heavy (non-hydrogen) atoms. The number of hydrogen-bond donors (Lipinski definition) is 0. The van der Waals surface area contributed by atoms with Gasteiger partial charge in [-0.25, -0.2) is 9.59 Å². The fourth-order valence-electron chi connectivity index (χ4n) is 5.70. The van der Waals surface area contributed by atoms with Crippen molar-refractivity contribution in [3.63, 3.8) is 0 Å². The van der Waals surface area contributed by atoms with Gasteiger partial charge in [0, 0.05) is 30.7 Å². The molecular formula is C32H30N2O7. The number of carbonyl (C=O) groups is 2. The van der Waals surface area contributed by atoms with E-state index in [1.807, 2.05) is 54.6 Å². The Morgan fingerprint density at radius 1 is 1.00 bits per heavy atom. The van der Waals surface area contributed by atoms with Crippen LogP contribution in [0.1, 0.15) is 39.0 Å². The third-order valence-electron chi connectivity index (χ3n) is 7.85. The highest BCUT2D eigenvalue weighted by molar-refractivity contribution is 5.96. The van der Waals surface area contributed by atoms with Gasteiger partial charge in [0.25, 0.3) is 5.69 Å². The molecule has 1 aliphatic heterocycles. The summed E-state index contributed by atoms with van der Waals surface area (Å²) in [4.78, 5) is 37.6. The molecule has 0 radical (unpaired) electrons. The van der Waals surface area contributed by atoms with E-state index in [0.717, 1.165) is 23.1 Å². The number of methoxy groups -OCH3 is 2. The monoisotopic (exact) mass is 554 g/mol. The van der Waals surface area contributed by atoms with Crippen molar-refractivity contribution >= 4 is 29.9 Å². The highest BCUT2D eigenvalue weighted by atomic mass is 16.6. The molecule has 2 unspecified atom stereocenters. The Morgan fingerprint density at radius 3 is 2.44 bits per heavy atom. The smallest absolute Gasteiger partial charge is 0.414 e. The summed E-state index contributed by atoms with van der Waals surface area (Å²) < 4.78 is 15.8. The van der Waals surface area contributed by atoms with Crippen molar-refractivity contribution < 1.29 is 28.7 Å². The number of nitro benzene ring substituents is 1. The Balaban J connectivity index is 1.33. The van der Waals surface area contributed by atoms with Gasteiger partial charge in [0.05, 0.1) is 24.2 Å². The van der Waals surface area contributed by atoms with Crippen molar-refractivity contribution in [3.05, 3.63) is 123 Å². The number of carbonyl (C=O) groups excluding carboxylic acids is 2. The quantitative estimate of drug-likeness (QED) is 0.138. The van der Waals surface area contributed by atoms with Gasteiger partial charge in [-0.3, -0.25) is 15.0 Å². The molecule has 5 rings (SSSR count). The van der Waals surface area contributed by atoms with E-state index in [-0.39, 0.29) is 28.7 Å². The number of fused-ring (bicyclic) bond motifs is 1. The summed E-state index contributed by atoms with van der Waals surface area (Å²) in [6, 6.07) is 22.1. The van der Waals surface area contributed by atoms with Crippen LogP contribution in [0.4, 0.5) is 10.5 Å². The topological polar surface area (TPSA) is 108 Å². The Bertz CT molecular complexity index is 1520. The molecule has 0 bridgehead atoms. The number of ether oxygens (including phenoxy) is 3. The molecule has 3 aromatic rings. The molecular weight excluding hydrogens is 524 g/mol. The summed E-state index contributed by atoms with van der Waals surface area (Å²) in [5, 5.41) is 11.7. The lowest BCUT2D eigenvalue weighted by atomic mass is 9.83. The highest BCUT2D eigenvalue weighted by Crippen LogP contribution is 2.67. The molecule has 1 saturated carbocycles. The molecule has 0 saturated heterocycles. The molecule has 1 heterocycles. The Hall–Kier alpha value is -4.76. The third kappa shape index (κ3) is 5.36. The second kappa shape index (κ2) is 11.4. The van der Waals surface area contributed by atoms with Crippen molar-refractivity contribution in [1.29, 1.82) is 0 Å². The first kappa shape index (κ1) is 27.8. The average molecular weight is 555 g/mol.